The van der Waals surface area contributed by atoms with Gasteiger partial charge in [-0.3, -0.25) is 0 Å². The molecule has 0 unspecified atom stereocenters. The number of hydrogen-bond donors (Lipinski definition) is 1. The molecule has 2 heterocycles. The van der Waals surface area contributed by atoms with Crippen LogP contribution in [0.2, 0.25) is 0 Å². The monoisotopic (exact) mass is 305 g/mol. The van der Waals surface area contributed by atoms with E-state index in [4.69, 9.17) is 5.73 Å². The molecule has 76 valence electrons. The van der Waals surface area contributed by atoms with Crippen molar-refractivity contribution in [2.45, 2.75) is 0 Å². The lowest BCUT2D eigenvalue weighted by atomic mass is 10.4. The number of aromatic nitrogens is 2. The zero-order valence-electron chi connectivity index (χ0n) is 7.73. The highest BCUT2D eigenvalue weighted by Crippen LogP contribution is 2.12. The molecule has 5 nitrogen and oxygen atoms in total. The Morgan fingerprint density at radius 2 is 1.71 bits per heavy atom. The standard InChI is InChI=1S/C8H12IN5/c9-14-3-1-13(2-4-14)8-11-5-7(10)6-12-8/h5-6H,1-4,10H2. The second-order valence-corrected chi connectivity index (χ2v) is 4.58. The maximum atomic E-state index is 5.53. The molecule has 2 rings (SSSR count). The third kappa shape index (κ3) is 2.24. The minimum Gasteiger partial charge on any atom is -0.396 e. The summed E-state index contributed by atoms with van der Waals surface area (Å²) < 4.78 is 2.27. The Labute approximate surface area is 96.8 Å². The summed E-state index contributed by atoms with van der Waals surface area (Å²) in [7, 11) is 0. The van der Waals surface area contributed by atoms with E-state index in [-0.39, 0.29) is 0 Å². The lowest BCUT2D eigenvalue weighted by molar-refractivity contribution is 0.456. The van der Waals surface area contributed by atoms with Crippen LogP contribution in [0.15, 0.2) is 12.4 Å². The molecule has 1 aromatic rings. The van der Waals surface area contributed by atoms with Crippen LogP contribution in [-0.2, 0) is 0 Å². The van der Waals surface area contributed by atoms with Gasteiger partial charge in [-0.2, -0.15) is 0 Å². The summed E-state index contributed by atoms with van der Waals surface area (Å²) in [5, 5.41) is 0. The average molecular weight is 305 g/mol. The highest BCUT2D eigenvalue weighted by atomic mass is 127. The van der Waals surface area contributed by atoms with Gasteiger partial charge in [-0.15, -0.1) is 0 Å². The lowest BCUT2D eigenvalue weighted by Crippen LogP contribution is -2.42. The first kappa shape index (κ1) is 9.91. The maximum Gasteiger partial charge on any atom is 0.225 e. The van der Waals surface area contributed by atoms with Gasteiger partial charge in [-0.05, 0) is 0 Å². The summed E-state index contributed by atoms with van der Waals surface area (Å²) >= 11 is 2.34. The van der Waals surface area contributed by atoms with Crippen LogP contribution in [0.25, 0.3) is 0 Å². The topological polar surface area (TPSA) is 58.3 Å². The number of hydrogen-bond acceptors (Lipinski definition) is 5. The molecule has 0 amide bonds. The molecule has 0 radical (unpaired) electrons. The van der Waals surface area contributed by atoms with Crippen LogP contribution in [0.3, 0.4) is 0 Å². The molecule has 0 atom stereocenters. The van der Waals surface area contributed by atoms with Gasteiger partial charge in [0.05, 0.1) is 18.1 Å². The van der Waals surface area contributed by atoms with E-state index in [1.165, 1.54) is 0 Å². The Bertz CT molecular complexity index is 293. The minimum atomic E-state index is 0.612. The van der Waals surface area contributed by atoms with Crippen molar-refractivity contribution in [3.05, 3.63) is 12.4 Å². The molecule has 6 heteroatoms. The van der Waals surface area contributed by atoms with E-state index in [1.807, 2.05) is 0 Å². The Hall–Kier alpha value is -0.630. The number of nitrogen functional groups attached to an aromatic ring is 1. The molecule has 0 saturated carbocycles. The number of nitrogens with two attached hydrogens (primary N) is 1. The normalized spacial score (nSPS) is 18.5. The molecular formula is C8H12IN5. The molecule has 1 fully saturated rings. The Morgan fingerprint density at radius 1 is 1.14 bits per heavy atom. The molecule has 2 N–H and O–H groups in total. The van der Waals surface area contributed by atoms with Crippen LogP contribution in [0.1, 0.15) is 0 Å². The molecule has 1 aromatic heterocycles. The van der Waals surface area contributed by atoms with Gasteiger partial charge in [-0.25, -0.2) is 13.1 Å². The zero-order chi connectivity index (χ0) is 9.97. The van der Waals surface area contributed by atoms with Crippen LogP contribution in [0.5, 0.6) is 0 Å². The molecular weight excluding hydrogens is 293 g/mol. The third-order valence-corrected chi connectivity index (χ3v) is 3.13. The number of anilines is 2. The van der Waals surface area contributed by atoms with Crippen molar-refractivity contribution in [3.8, 4) is 0 Å². The van der Waals surface area contributed by atoms with Crippen molar-refractivity contribution in [3.63, 3.8) is 0 Å². The van der Waals surface area contributed by atoms with E-state index in [2.05, 4.69) is 40.8 Å². The number of rotatable bonds is 1. The average Bonchev–Trinajstić information content (AvgIpc) is 2.21. The summed E-state index contributed by atoms with van der Waals surface area (Å²) in [6.45, 7) is 4.06. The van der Waals surface area contributed by atoms with Crippen molar-refractivity contribution in [1.29, 1.82) is 0 Å². The second-order valence-electron chi connectivity index (χ2n) is 3.21. The molecule has 1 saturated heterocycles. The number of piperazine rings is 1. The van der Waals surface area contributed by atoms with E-state index < -0.39 is 0 Å². The van der Waals surface area contributed by atoms with Gasteiger partial charge in [-0.1, -0.05) is 0 Å². The Morgan fingerprint density at radius 3 is 2.29 bits per heavy atom. The van der Waals surface area contributed by atoms with Crippen LogP contribution < -0.4 is 10.6 Å². The van der Waals surface area contributed by atoms with Crippen molar-refractivity contribution in [2.24, 2.45) is 0 Å². The Balaban J connectivity index is 2.05. The first-order valence-corrected chi connectivity index (χ1v) is 5.45. The van der Waals surface area contributed by atoms with E-state index in [1.54, 1.807) is 12.4 Å². The fourth-order valence-corrected chi connectivity index (χ4v) is 1.81. The number of halogens is 1. The molecule has 1 aliphatic heterocycles. The highest BCUT2D eigenvalue weighted by Gasteiger charge is 2.16. The lowest BCUT2D eigenvalue weighted by Gasteiger charge is -2.30. The highest BCUT2D eigenvalue weighted by molar-refractivity contribution is 14.1. The largest absolute Gasteiger partial charge is 0.396 e. The summed E-state index contributed by atoms with van der Waals surface area (Å²) in [4.78, 5) is 10.6. The van der Waals surface area contributed by atoms with Crippen molar-refractivity contribution in [1.82, 2.24) is 13.1 Å². The summed E-state index contributed by atoms with van der Waals surface area (Å²) in [5.74, 6) is 0.781. The molecule has 0 spiro atoms. The van der Waals surface area contributed by atoms with E-state index in [9.17, 15) is 0 Å². The first-order chi connectivity index (χ1) is 6.75. The van der Waals surface area contributed by atoms with Crippen molar-refractivity contribution in [2.75, 3.05) is 36.8 Å². The predicted octanol–water partition coefficient (Wildman–Crippen LogP) is 0.531. The second kappa shape index (κ2) is 4.26. The summed E-state index contributed by atoms with van der Waals surface area (Å²) in [5.41, 5.74) is 6.14. The maximum absolute atomic E-state index is 5.53. The van der Waals surface area contributed by atoms with Crippen molar-refractivity contribution >= 4 is 34.5 Å². The van der Waals surface area contributed by atoms with Gasteiger partial charge in [0.1, 0.15) is 0 Å². The van der Waals surface area contributed by atoms with Crippen LogP contribution >= 0.6 is 22.9 Å². The smallest absolute Gasteiger partial charge is 0.225 e. The minimum absolute atomic E-state index is 0.612. The summed E-state index contributed by atoms with van der Waals surface area (Å²) in [6.07, 6.45) is 3.30. The molecule has 1 aliphatic rings. The number of nitrogens with zero attached hydrogens (tertiary/aromatic N) is 4. The Kier molecular flexibility index (Phi) is 3.02. The van der Waals surface area contributed by atoms with Crippen molar-refractivity contribution < 1.29 is 0 Å². The fourth-order valence-electron chi connectivity index (χ4n) is 1.38. The van der Waals surface area contributed by atoms with Gasteiger partial charge < -0.3 is 10.6 Å². The molecule has 0 aromatic carbocycles. The fraction of sp³-hybridized carbons (Fsp3) is 0.500. The van der Waals surface area contributed by atoms with Crippen LogP contribution in [-0.4, -0.2) is 39.3 Å². The molecule has 0 bridgehead atoms. The predicted molar refractivity (Wildman–Crippen MR) is 64.3 cm³/mol. The summed E-state index contributed by atoms with van der Waals surface area (Å²) in [6, 6.07) is 0. The van der Waals surface area contributed by atoms with Gasteiger partial charge >= 0.3 is 0 Å². The third-order valence-electron chi connectivity index (χ3n) is 2.17. The SMILES string of the molecule is Nc1cnc(N2CCN(I)CC2)nc1. The van der Waals surface area contributed by atoms with Crippen LogP contribution in [0.4, 0.5) is 11.6 Å². The molecule has 14 heavy (non-hydrogen) atoms. The van der Waals surface area contributed by atoms with Gasteiger partial charge in [0.25, 0.3) is 0 Å². The molecule has 0 aliphatic carbocycles. The van der Waals surface area contributed by atoms with E-state index >= 15 is 0 Å². The first-order valence-electron chi connectivity index (χ1n) is 4.49. The van der Waals surface area contributed by atoms with Gasteiger partial charge in [0.2, 0.25) is 5.95 Å². The van der Waals surface area contributed by atoms with Gasteiger partial charge in [0.15, 0.2) is 0 Å². The van der Waals surface area contributed by atoms with Gasteiger partial charge in [0, 0.05) is 49.0 Å². The van der Waals surface area contributed by atoms with E-state index in [0.29, 0.717) is 5.69 Å². The zero-order valence-corrected chi connectivity index (χ0v) is 9.88. The van der Waals surface area contributed by atoms with Crippen LogP contribution in [0, 0.1) is 0 Å². The quantitative estimate of drug-likeness (QED) is 0.606. The van der Waals surface area contributed by atoms with E-state index in [0.717, 1.165) is 32.1 Å².